The summed E-state index contributed by atoms with van der Waals surface area (Å²) in [6.45, 7) is 3.56. The number of hydrogen-bond donors (Lipinski definition) is 1. The monoisotopic (exact) mass is 159 g/mol. The molecule has 0 aromatic rings. The second kappa shape index (κ2) is 4.85. The Hall–Kier alpha value is -0.900. The predicted molar refractivity (Wildman–Crippen MR) is 39.9 cm³/mol. The van der Waals surface area contributed by atoms with Crippen LogP contribution in [0.2, 0.25) is 0 Å². The van der Waals surface area contributed by atoms with Crippen LogP contribution in [0.3, 0.4) is 0 Å². The first-order valence-electron chi connectivity index (χ1n) is 3.51. The average Bonchev–Trinajstić information content (AvgIpc) is 1.86. The summed E-state index contributed by atoms with van der Waals surface area (Å²) in [6, 6.07) is 0. The number of carbonyl (C=O) groups is 2. The van der Waals surface area contributed by atoms with Gasteiger partial charge in [0, 0.05) is 6.42 Å². The van der Waals surface area contributed by atoms with Gasteiger partial charge in [0.2, 0.25) is 5.78 Å². The van der Waals surface area contributed by atoms with Gasteiger partial charge in [-0.2, -0.15) is 0 Å². The highest BCUT2D eigenvalue weighted by atomic mass is 16.5. The van der Waals surface area contributed by atoms with Crippen LogP contribution in [0.1, 0.15) is 20.3 Å². The van der Waals surface area contributed by atoms with E-state index in [0.717, 1.165) is 0 Å². The molecule has 0 bridgehead atoms. The number of Topliss-reactive ketones (excluding diaryl/α,β-unsaturated/α-hetero) is 1. The Labute approximate surface area is 65.7 Å². The van der Waals surface area contributed by atoms with Crippen LogP contribution >= 0.6 is 0 Å². The first-order valence-corrected chi connectivity index (χ1v) is 3.51. The van der Waals surface area contributed by atoms with Crippen molar-refractivity contribution >= 4 is 11.8 Å². The molecule has 11 heavy (non-hydrogen) atoms. The molecule has 0 aromatic carbocycles. The number of nitrogens with two attached hydrogens (primary N) is 1. The van der Waals surface area contributed by atoms with Gasteiger partial charge < -0.3 is 10.5 Å². The maximum absolute atomic E-state index is 10.7. The third-order valence-corrected chi connectivity index (χ3v) is 0.942. The van der Waals surface area contributed by atoms with E-state index >= 15 is 0 Å². The van der Waals surface area contributed by atoms with Gasteiger partial charge in [0.05, 0.1) is 6.10 Å². The van der Waals surface area contributed by atoms with E-state index in [1.807, 2.05) is 0 Å². The first-order chi connectivity index (χ1) is 5.07. The summed E-state index contributed by atoms with van der Waals surface area (Å²) in [5, 5.41) is 0. The summed E-state index contributed by atoms with van der Waals surface area (Å²) < 4.78 is 4.62. The number of hydrogen-bond acceptors (Lipinski definition) is 4. The van der Waals surface area contributed by atoms with Crippen LogP contribution in [-0.2, 0) is 14.3 Å². The van der Waals surface area contributed by atoms with Crippen molar-refractivity contribution in [1.82, 2.24) is 0 Å². The van der Waals surface area contributed by atoms with E-state index in [0.29, 0.717) is 0 Å². The Kier molecular flexibility index (Phi) is 4.45. The minimum atomic E-state index is -0.787. The van der Waals surface area contributed by atoms with Crippen LogP contribution in [0.5, 0.6) is 0 Å². The molecule has 0 saturated carbocycles. The molecule has 64 valence electrons. The fourth-order valence-electron chi connectivity index (χ4n) is 0.513. The molecular weight excluding hydrogens is 146 g/mol. The molecule has 0 fully saturated rings. The number of ether oxygens (including phenoxy) is 1. The normalized spacial score (nSPS) is 9.82. The number of rotatable bonds is 4. The smallest absolute Gasteiger partial charge is 0.374 e. The molecule has 0 radical (unpaired) electrons. The van der Waals surface area contributed by atoms with Crippen LogP contribution in [0.15, 0.2) is 0 Å². The molecule has 0 amide bonds. The van der Waals surface area contributed by atoms with E-state index in [1.165, 1.54) is 0 Å². The van der Waals surface area contributed by atoms with Gasteiger partial charge in [0.15, 0.2) is 0 Å². The second-order valence-electron chi connectivity index (χ2n) is 2.42. The van der Waals surface area contributed by atoms with E-state index in [4.69, 9.17) is 5.73 Å². The van der Waals surface area contributed by atoms with Gasteiger partial charge in [-0.3, -0.25) is 4.79 Å². The van der Waals surface area contributed by atoms with E-state index in [9.17, 15) is 9.59 Å². The lowest BCUT2D eigenvalue weighted by molar-refractivity contribution is -0.156. The fourth-order valence-corrected chi connectivity index (χ4v) is 0.513. The number of carbonyl (C=O) groups excluding carboxylic acids is 2. The van der Waals surface area contributed by atoms with Crippen molar-refractivity contribution in [2.75, 3.05) is 6.54 Å². The molecule has 0 saturated heterocycles. The van der Waals surface area contributed by atoms with Gasteiger partial charge in [-0.1, -0.05) is 0 Å². The molecule has 0 spiro atoms. The SMILES string of the molecule is CC(C)OC(=O)C(=O)CCN. The molecule has 4 nitrogen and oxygen atoms in total. The third kappa shape index (κ3) is 4.50. The molecule has 4 heteroatoms. The topological polar surface area (TPSA) is 69.4 Å². The molecule has 2 N–H and O–H groups in total. The molecule has 0 aliphatic carbocycles. The third-order valence-electron chi connectivity index (χ3n) is 0.942. The Morgan fingerprint density at radius 1 is 1.45 bits per heavy atom. The standard InChI is InChI=1S/C7H13NO3/c1-5(2)11-7(10)6(9)3-4-8/h5H,3-4,8H2,1-2H3. The highest BCUT2D eigenvalue weighted by Crippen LogP contribution is 1.91. The lowest BCUT2D eigenvalue weighted by atomic mass is 10.3. The molecule has 0 atom stereocenters. The van der Waals surface area contributed by atoms with Crippen molar-refractivity contribution in [3.05, 3.63) is 0 Å². The van der Waals surface area contributed by atoms with E-state index in [1.54, 1.807) is 13.8 Å². The summed E-state index contributed by atoms with van der Waals surface area (Å²) in [5.74, 6) is -1.34. The van der Waals surface area contributed by atoms with Crippen LogP contribution in [-0.4, -0.2) is 24.4 Å². The maximum atomic E-state index is 10.7. The molecule has 0 rings (SSSR count). The Bertz CT molecular complexity index is 154. The van der Waals surface area contributed by atoms with Crippen LogP contribution < -0.4 is 5.73 Å². The first kappa shape index (κ1) is 10.1. The van der Waals surface area contributed by atoms with Crippen molar-refractivity contribution in [1.29, 1.82) is 0 Å². The van der Waals surface area contributed by atoms with Gasteiger partial charge in [0.25, 0.3) is 0 Å². The minimum Gasteiger partial charge on any atom is -0.457 e. The van der Waals surface area contributed by atoms with Crippen molar-refractivity contribution < 1.29 is 14.3 Å². The van der Waals surface area contributed by atoms with Crippen molar-refractivity contribution in [3.63, 3.8) is 0 Å². The summed E-state index contributed by atoms with van der Waals surface area (Å²) in [7, 11) is 0. The molecule has 0 aliphatic rings. The maximum Gasteiger partial charge on any atom is 0.374 e. The van der Waals surface area contributed by atoms with Crippen LogP contribution in [0.25, 0.3) is 0 Å². The van der Waals surface area contributed by atoms with E-state index < -0.39 is 11.8 Å². The average molecular weight is 159 g/mol. The fraction of sp³-hybridized carbons (Fsp3) is 0.714. The van der Waals surface area contributed by atoms with E-state index in [-0.39, 0.29) is 19.1 Å². The van der Waals surface area contributed by atoms with Crippen molar-refractivity contribution in [2.24, 2.45) is 5.73 Å². The zero-order valence-corrected chi connectivity index (χ0v) is 6.79. The van der Waals surface area contributed by atoms with Gasteiger partial charge >= 0.3 is 5.97 Å². The van der Waals surface area contributed by atoms with E-state index in [2.05, 4.69) is 4.74 Å². The second-order valence-corrected chi connectivity index (χ2v) is 2.42. The van der Waals surface area contributed by atoms with Gasteiger partial charge in [0.1, 0.15) is 0 Å². The molecule has 0 heterocycles. The largest absolute Gasteiger partial charge is 0.457 e. The zero-order valence-electron chi connectivity index (χ0n) is 6.79. The Morgan fingerprint density at radius 3 is 2.36 bits per heavy atom. The summed E-state index contributed by atoms with van der Waals surface area (Å²) in [6.07, 6.45) is -0.185. The Balaban J connectivity index is 3.74. The summed E-state index contributed by atoms with van der Waals surface area (Å²) in [4.78, 5) is 21.4. The molecule has 0 aromatic heterocycles. The lowest BCUT2D eigenvalue weighted by Crippen LogP contribution is -2.23. The van der Waals surface area contributed by atoms with Crippen molar-refractivity contribution in [3.8, 4) is 0 Å². The van der Waals surface area contributed by atoms with Crippen molar-refractivity contribution in [2.45, 2.75) is 26.4 Å². The zero-order chi connectivity index (χ0) is 8.85. The van der Waals surface area contributed by atoms with Crippen LogP contribution in [0, 0.1) is 0 Å². The van der Waals surface area contributed by atoms with Gasteiger partial charge in [-0.25, -0.2) is 4.79 Å². The highest BCUT2D eigenvalue weighted by molar-refractivity contribution is 6.33. The van der Waals surface area contributed by atoms with Gasteiger partial charge in [-0.05, 0) is 20.4 Å². The predicted octanol–water partition coefficient (Wildman–Crippen LogP) is -0.144. The van der Waals surface area contributed by atoms with Gasteiger partial charge in [-0.15, -0.1) is 0 Å². The number of esters is 1. The summed E-state index contributed by atoms with van der Waals surface area (Å²) >= 11 is 0. The molecule has 0 unspecified atom stereocenters. The number of ketones is 1. The quantitative estimate of drug-likeness (QED) is 0.457. The van der Waals surface area contributed by atoms with Crippen LogP contribution in [0.4, 0.5) is 0 Å². The minimum absolute atomic E-state index is 0.0611. The lowest BCUT2D eigenvalue weighted by Gasteiger charge is -2.05. The summed E-state index contributed by atoms with van der Waals surface area (Å²) in [5.41, 5.74) is 5.07. The highest BCUT2D eigenvalue weighted by Gasteiger charge is 2.14. The Morgan fingerprint density at radius 2 is 2.00 bits per heavy atom. The molecular formula is C7H13NO3. The molecule has 0 aliphatic heterocycles.